The van der Waals surface area contributed by atoms with Gasteiger partial charge in [0.15, 0.2) is 5.82 Å². The number of rotatable bonds is 7. The number of hydrogen-bond donors (Lipinski definition) is 0. The van der Waals surface area contributed by atoms with Gasteiger partial charge in [0, 0.05) is 30.5 Å². The van der Waals surface area contributed by atoms with Crippen LogP contribution in [0.5, 0.6) is 6.01 Å². The number of carbonyl (C=O) groups is 1. The molecule has 9 nitrogen and oxygen atoms in total. The van der Waals surface area contributed by atoms with Gasteiger partial charge in [-0.3, -0.25) is 9.80 Å². The molecule has 4 fully saturated rings. The van der Waals surface area contributed by atoms with E-state index < -0.39 is 37.0 Å². The lowest BCUT2D eigenvalue weighted by molar-refractivity contribution is 0.00702. The second-order valence-corrected chi connectivity index (χ2v) is 26.8. The average molecular weight is 895 g/mol. The topological polar surface area (TPSA) is 83.9 Å². The quantitative estimate of drug-likeness (QED) is 0.134. The Morgan fingerprint density at radius 1 is 0.922 bits per heavy atom. The molecule has 0 spiro atoms. The number of anilines is 1. The van der Waals surface area contributed by atoms with Crippen molar-refractivity contribution in [2.45, 2.75) is 172 Å². The summed E-state index contributed by atoms with van der Waals surface area (Å²) in [5, 5.41) is 1.80. The van der Waals surface area contributed by atoms with Gasteiger partial charge in [-0.2, -0.15) is 9.97 Å². The normalized spacial score (nSPS) is 24.8. The van der Waals surface area contributed by atoms with Gasteiger partial charge in [0.1, 0.15) is 49.3 Å². The SMILES string of the molecule is CC(C)[Si](C#Cc1c(F)ccc2cccc(-c3nc4c5c(nc(OC[C@@]67CCCN6C[C@H](F)C7)nc5c3F)N3C[C@H]5CC[C@@H]([C@H]3CCCC4)N5C(=O)OC(C)(C)C)c12)(C(C)C)C(C)C. The van der Waals surface area contributed by atoms with Crippen LogP contribution in [0.2, 0.25) is 16.6 Å². The van der Waals surface area contributed by atoms with Crippen LogP contribution in [0.3, 0.4) is 0 Å². The van der Waals surface area contributed by atoms with E-state index in [1.165, 1.54) is 6.07 Å². The Balaban J connectivity index is 1.23. The zero-order chi connectivity index (χ0) is 45.5. The van der Waals surface area contributed by atoms with E-state index in [2.05, 4.69) is 62.8 Å². The molecule has 2 bridgehead atoms. The highest BCUT2D eigenvalue weighted by Crippen LogP contribution is 2.46. The van der Waals surface area contributed by atoms with Crippen molar-refractivity contribution < 1.29 is 27.4 Å². The highest BCUT2D eigenvalue weighted by Gasteiger charge is 2.52. The van der Waals surface area contributed by atoms with E-state index in [-0.39, 0.29) is 53.6 Å². The van der Waals surface area contributed by atoms with E-state index in [1.54, 1.807) is 6.07 Å². The number of amides is 1. The number of halogens is 3. The van der Waals surface area contributed by atoms with Crippen molar-refractivity contribution in [2.75, 3.05) is 31.1 Å². The number of piperazine rings is 1. The average Bonchev–Trinajstić information content (AvgIpc) is 3.89. The number of alkyl halides is 1. The molecule has 5 aliphatic heterocycles. The second kappa shape index (κ2) is 16.8. The summed E-state index contributed by atoms with van der Waals surface area (Å²) in [6.07, 6.45) is 5.46. The lowest BCUT2D eigenvalue weighted by Gasteiger charge is -2.47. The Morgan fingerprint density at radius 3 is 2.42 bits per heavy atom. The summed E-state index contributed by atoms with van der Waals surface area (Å²) < 4.78 is 61.9. The maximum Gasteiger partial charge on any atom is 0.410 e. The Kier molecular flexibility index (Phi) is 11.7. The molecule has 13 heteroatoms. The van der Waals surface area contributed by atoms with E-state index in [0.29, 0.717) is 70.4 Å². The van der Waals surface area contributed by atoms with E-state index in [4.69, 9.17) is 24.4 Å². The van der Waals surface area contributed by atoms with Gasteiger partial charge in [-0.15, -0.1) is 5.54 Å². The van der Waals surface area contributed by atoms with E-state index >= 15 is 8.78 Å². The van der Waals surface area contributed by atoms with E-state index in [9.17, 15) is 9.18 Å². The minimum atomic E-state index is -2.28. The lowest BCUT2D eigenvalue weighted by atomic mass is 9.95. The van der Waals surface area contributed by atoms with Crippen molar-refractivity contribution in [3.63, 3.8) is 0 Å². The highest BCUT2D eigenvalue weighted by molar-refractivity contribution is 6.90. The maximum absolute atomic E-state index is 18.1. The van der Waals surface area contributed by atoms with Crippen molar-refractivity contribution in [3.05, 3.63) is 53.2 Å². The number of fused-ring (bicyclic) bond motifs is 7. The molecule has 4 saturated heterocycles. The molecule has 64 heavy (non-hydrogen) atoms. The fourth-order valence-electron chi connectivity index (χ4n) is 12.6. The fraction of sp³-hybridized carbons (Fsp3) is 0.608. The molecular weight excluding hydrogens is 830 g/mol. The molecule has 5 aliphatic rings. The largest absolute Gasteiger partial charge is 0.461 e. The zero-order valence-electron chi connectivity index (χ0n) is 39.2. The molecule has 5 atom stereocenters. The third kappa shape index (κ3) is 7.62. The summed E-state index contributed by atoms with van der Waals surface area (Å²) in [6.45, 7) is 20.9. The maximum atomic E-state index is 18.1. The van der Waals surface area contributed by atoms with Crippen molar-refractivity contribution in [2.24, 2.45) is 0 Å². The summed E-state index contributed by atoms with van der Waals surface area (Å²) in [5.41, 5.74) is 5.17. The standard InChI is InChI=1S/C51H65F3N6O3Si/c1-30(2)64(31(3)4,32(5)6)25-22-36-38(53)20-18-33-14-12-15-37(42(33)36)45-44(54)46-43-39(55-45)16-10-11-17-40-41-21-19-35(60(41)49(61)63-50(7,8)9)28-59(40)47(43)57-48(56-46)62-29-51-23-13-24-58(51)27-34(52)26-51/h12,14-15,18,20,30-32,34-35,40-41H,10-11,13,16-17,19,21,23-24,26-29H2,1-9H3/t34-,35-,40-,41+,51+/m1/s1. The predicted octanol–water partition coefficient (Wildman–Crippen LogP) is 11.3. The molecule has 342 valence electrons. The van der Waals surface area contributed by atoms with Crippen LogP contribution in [0.4, 0.5) is 23.8 Å². The smallest absolute Gasteiger partial charge is 0.410 e. The summed E-state index contributed by atoms with van der Waals surface area (Å²) >= 11 is 0. The number of benzene rings is 2. The Bertz CT molecular complexity index is 2510. The first-order chi connectivity index (χ1) is 30.4. The Morgan fingerprint density at radius 2 is 1.69 bits per heavy atom. The van der Waals surface area contributed by atoms with Gasteiger partial charge < -0.3 is 14.4 Å². The predicted molar refractivity (Wildman–Crippen MR) is 250 cm³/mol. The number of ether oxygens (including phenoxy) is 2. The molecule has 2 aromatic carbocycles. The van der Waals surface area contributed by atoms with Crippen molar-refractivity contribution in [1.29, 1.82) is 0 Å². The van der Waals surface area contributed by atoms with Crippen LogP contribution in [-0.2, 0) is 11.2 Å². The van der Waals surface area contributed by atoms with Crippen LogP contribution < -0.4 is 9.64 Å². The van der Waals surface area contributed by atoms with Crippen LogP contribution >= 0.6 is 0 Å². The van der Waals surface area contributed by atoms with Crippen LogP contribution in [0.15, 0.2) is 30.3 Å². The molecule has 4 aromatic rings. The van der Waals surface area contributed by atoms with Gasteiger partial charge >= 0.3 is 12.1 Å². The number of aromatic nitrogens is 3. The Labute approximate surface area is 377 Å². The third-order valence-corrected chi connectivity index (χ3v) is 21.7. The fourth-order valence-corrected chi connectivity index (χ4v) is 17.8. The third-order valence-electron chi connectivity index (χ3n) is 15.4. The first-order valence-corrected chi connectivity index (χ1v) is 26.1. The summed E-state index contributed by atoms with van der Waals surface area (Å²) in [7, 11) is -2.28. The van der Waals surface area contributed by atoms with E-state index in [0.717, 1.165) is 56.9 Å². The lowest BCUT2D eigenvalue weighted by Crippen LogP contribution is -2.62. The van der Waals surface area contributed by atoms with Gasteiger partial charge in [0.05, 0.1) is 40.3 Å². The molecule has 9 rings (SSSR count). The number of nitrogens with zero attached hydrogens (tertiary/aromatic N) is 6. The monoisotopic (exact) mass is 894 g/mol. The number of pyridine rings is 1. The highest BCUT2D eigenvalue weighted by atomic mass is 28.3. The van der Waals surface area contributed by atoms with Crippen LogP contribution in [-0.4, -0.2) is 101 Å². The molecule has 0 saturated carbocycles. The Hall–Kier alpha value is -4.41. The van der Waals surface area contributed by atoms with Gasteiger partial charge in [-0.25, -0.2) is 22.9 Å². The minimum absolute atomic E-state index is 0.0285. The number of hydrogen-bond acceptors (Lipinski definition) is 8. The second-order valence-electron chi connectivity index (χ2n) is 21.3. The first-order valence-electron chi connectivity index (χ1n) is 23.9. The molecule has 0 N–H and O–H groups in total. The number of carbonyl (C=O) groups excluding carboxylic acids is 1. The van der Waals surface area contributed by atoms with Gasteiger partial charge in [-0.1, -0.05) is 78.1 Å². The number of aryl methyl sites for hydroxylation is 1. The van der Waals surface area contributed by atoms with Crippen LogP contribution in [0.1, 0.15) is 125 Å². The van der Waals surface area contributed by atoms with Gasteiger partial charge in [0.2, 0.25) is 0 Å². The van der Waals surface area contributed by atoms with Gasteiger partial charge in [-0.05, 0) is 100 Å². The molecule has 2 aromatic heterocycles. The van der Waals surface area contributed by atoms with Crippen LogP contribution in [0.25, 0.3) is 32.9 Å². The molecule has 0 radical (unpaired) electrons. The molecule has 0 aliphatic carbocycles. The van der Waals surface area contributed by atoms with Crippen molar-refractivity contribution in [3.8, 4) is 28.7 Å². The molecule has 0 unspecified atom stereocenters. The summed E-state index contributed by atoms with van der Waals surface area (Å²) in [6, 6.07) is 8.44. The minimum Gasteiger partial charge on any atom is -0.461 e. The summed E-state index contributed by atoms with van der Waals surface area (Å²) in [5.74, 6) is 2.84. The molecule has 1 amide bonds. The van der Waals surface area contributed by atoms with Gasteiger partial charge in [0.25, 0.3) is 0 Å². The first kappa shape index (κ1) is 44.8. The van der Waals surface area contributed by atoms with Crippen LogP contribution in [0, 0.1) is 23.1 Å². The summed E-state index contributed by atoms with van der Waals surface area (Å²) in [4.78, 5) is 35.5. The van der Waals surface area contributed by atoms with Crippen molar-refractivity contribution >= 4 is 41.7 Å². The molecule has 7 heterocycles. The van der Waals surface area contributed by atoms with E-state index in [1.807, 2.05) is 43.9 Å². The van der Waals surface area contributed by atoms with Crippen molar-refractivity contribution in [1.82, 2.24) is 24.8 Å². The molecular formula is C51H65F3N6O3Si. The zero-order valence-corrected chi connectivity index (χ0v) is 40.2.